The zero-order chi connectivity index (χ0) is 14.0. The van der Waals surface area contributed by atoms with Crippen molar-refractivity contribution in [2.75, 3.05) is 11.5 Å². The van der Waals surface area contributed by atoms with E-state index >= 15 is 0 Å². The Hall–Kier alpha value is -1.59. The number of primary sulfonamides is 1. The highest BCUT2D eigenvalue weighted by Gasteiger charge is 2.20. The van der Waals surface area contributed by atoms with E-state index in [0.29, 0.717) is 0 Å². The highest BCUT2D eigenvalue weighted by atomic mass is 32.2. The average molecular weight is 295 g/mol. The number of nitrogens with zero attached hydrogens (tertiary/aromatic N) is 2. The number of pyridine rings is 1. The molecule has 0 aliphatic carbocycles. The predicted molar refractivity (Wildman–Crippen MR) is 60.9 cm³/mol. The fourth-order valence-corrected chi connectivity index (χ4v) is 3.54. The van der Waals surface area contributed by atoms with Crippen LogP contribution >= 0.6 is 0 Å². The number of hydrogen-bond donors (Lipinski definition) is 1. The van der Waals surface area contributed by atoms with Crippen molar-refractivity contribution < 1.29 is 21.8 Å². The number of nitro groups is 1. The van der Waals surface area contributed by atoms with Crippen LogP contribution in [0.25, 0.3) is 0 Å². The quantitative estimate of drug-likeness (QED) is 0.543. The number of sulfonamides is 1. The maximum absolute atomic E-state index is 11.6. The molecule has 0 bridgehead atoms. The van der Waals surface area contributed by atoms with Crippen LogP contribution < -0.4 is 5.14 Å². The second-order valence-electron chi connectivity index (χ2n) is 3.30. The number of rotatable bonds is 5. The first-order chi connectivity index (χ1) is 8.12. The molecule has 0 amide bonds. The zero-order valence-corrected chi connectivity index (χ0v) is 10.5. The first-order valence-corrected chi connectivity index (χ1v) is 7.82. The second kappa shape index (κ2) is 4.96. The van der Waals surface area contributed by atoms with E-state index in [1.807, 2.05) is 0 Å². The number of aromatic nitrogens is 1. The van der Waals surface area contributed by atoms with Gasteiger partial charge in [0.15, 0.2) is 16.0 Å². The summed E-state index contributed by atoms with van der Waals surface area (Å²) in [6.07, 6.45) is 0.802. The van der Waals surface area contributed by atoms with Crippen LogP contribution in [0.2, 0.25) is 0 Å². The minimum absolute atomic E-state index is 0.295. The Labute approximate surface area is 103 Å². The van der Waals surface area contributed by atoms with E-state index < -0.39 is 42.1 Å². The summed E-state index contributed by atoms with van der Waals surface area (Å²) in [5, 5.41) is 15.0. The van der Waals surface area contributed by atoms with Crippen LogP contribution in [0.1, 0.15) is 0 Å². The third-order valence-electron chi connectivity index (χ3n) is 1.90. The van der Waals surface area contributed by atoms with E-state index in [1.165, 1.54) is 0 Å². The molecule has 0 aliphatic rings. The van der Waals surface area contributed by atoms with Crippen LogP contribution in [-0.4, -0.2) is 38.2 Å². The molecule has 1 aromatic heterocycles. The number of sulfone groups is 1. The standard InChI is InChI=1S/C7H9N3O6S2/c8-18(15,16)4-3-17(13,14)6-1-2-7(9-5-6)10(11)12/h1-2,5H,3-4H2,(H2,8,15,16). The summed E-state index contributed by atoms with van der Waals surface area (Å²) in [6, 6.07) is 1.91. The lowest BCUT2D eigenvalue weighted by atomic mass is 10.5. The van der Waals surface area contributed by atoms with Crippen LogP contribution in [0.3, 0.4) is 0 Å². The maximum Gasteiger partial charge on any atom is 0.363 e. The summed E-state index contributed by atoms with van der Waals surface area (Å²) >= 11 is 0. The molecule has 0 aromatic carbocycles. The summed E-state index contributed by atoms with van der Waals surface area (Å²) in [7, 11) is -7.77. The molecule has 9 nitrogen and oxygen atoms in total. The Morgan fingerprint density at radius 3 is 2.22 bits per heavy atom. The van der Waals surface area contributed by atoms with Crippen molar-refractivity contribution >= 4 is 25.7 Å². The van der Waals surface area contributed by atoms with Crippen LogP contribution in [0.15, 0.2) is 23.2 Å². The third kappa shape index (κ3) is 4.01. The highest BCUT2D eigenvalue weighted by molar-refractivity contribution is 7.94. The topological polar surface area (TPSA) is 150 Å². The van der Waals surface area contributed by atoms with Crippen LogP contribution in [0, 0.1) is 10.1 Å². The molecule has 1 aromatic rings. The summed E-state index contributed by atoms with van der Waals surface area (Å²) in [6.45, 7) is 0. The Morgan fingerprint density at radius 2 is 1.83 bits per heavy atom. The van der Waals surface area contributed by atoms with Crippen molar-refractivity contribution in [1.29, 1.82) is 0 Å². The lowest BCUT2D eigenvalue weighted by Gasteiger charge is -2.01. The molecule has 0 saturated heterocycles. The van der Waals surface area contributed by atoms with Gasteiger partial charge in [-0.1, -0.05) is 0 Å². The van der Waals surface area contributed by atoms with Gasteiger partial charge < -0.3 is 10.1 Å². The van der Waals surface area contributed by atoms with Gasteiger partial charge in [0.25, 0.3) is 0 Å². The molecule has 0 radical (unpaired) electrons. The van der Waals surface area contributed by atoms with E-state index in [0.717, 1.165) is 18.3 Å². The fourth-order valence-electron chi connectivity index (χ4n) is 1.01. The van der Waals surface area contributed by atoms with Crippen molar-refractivity contribution in [3.8, 4) is 0 Å². The monoisotopic (exact) mass is 295 g/mol. The second-order valence-corrected chi connectivity index (χ2v) is 7.14. The predicted octanol–water partition coefficient (Wildman–Crippen LogP) is -0.948. The molecule has 0 atom stereocenters. The first kappa shape index (κ1) is 14.5. The lowest BCUT2D eigenvalue weighted by molar-refractivity contribution is -0.389. The molecule has 0 unspecified atom stereocenters. The van der Waals surface area contributed by atoms with Crippen LogP contribution in [-0.2, 0) is 19.9 Å². The van der Waals surface area contributed by atoms with Crippen molar-refractivity contribution in [1.82, 2.24) is 4.98 Å². The van der Waals surface area contributed by atoms with Gasteiger partial charge in [-0.3, -0.25) is 0 Å². The fraction of sp³-hybridized carbons (Fsp3) is 0.286. The van der Waals surface area contributed by atoms with Crippen molar-refractivity contribution in [2.45, 2.75) is 4.90 Å². The van der Waals surface area contributed by atoms with E-state index in [2.05, 4.69) is 10.1 Å². The van der Waals surface area contributed by atoms with Gasteiger partial charge in [0.2, 0.25) is 10.0 Å². The smallest absolute Gasteiger partial charge is 0.358 e. The Bertz CT molecular complexity index is 649. The highest BCUT2D eigenvalue weighted by Crippen LogP contribution is 2.13. The largest absolute Gasteiger partial charge is 0.363 e. The van der Waals surface area contributed by atoms with E-state index in [1.54, 1.807) is 0 Å². The molecule has 18 heavy (non-hydrogen) atoms. The van der Waals surface area contributed by atoms with Crippen molar-refractivity contribution in [3.63, 3.8) is 0 Å². The molecule has 1 heterocycles. The normalized spacial score (nSPS) is 12.3. The first-order valence-electron chi connectivity index (χ1n) is 4.45. The molecule has 0 saturated carbocycles. The van der Waals surface area contributed by atoms with Crippen molar-refractivity contribution in [2.24, 2.45) is 5.14 Å². The molecule has 1 rings (SSSR count). The van der Waals surface area contributed by atoms with Gasteiger partial charge in [0, 0.05) is 6.07 Å². The van der Waals surface area contributed by atoms with E-state index in [9.17, 15) is 26.9 Å². The molecule has 0 aliphatic heterocycles. The maximum atomic E-state index is 11.6. The Balaban J connectivity index is 2.96. The van der Waals surface area contributed by atoms with Gasteiger partial charge in [-0.15, -0.1) is 0 Å². The summed E-state index contributed by atoms with van der Waals surface area (Å²) in [4.78, 5) is 12.6. The molecule has 0 spiro atoms. The Kier molecular flexibility index (Phi) is 3.98. The van der Waals surface area contributed by atoms with Gasteiger partial charge in [-0.05, 0) is 16.0 Å². The lowest BCUT2D eigenvalue weighted by Crippen LogP contribution is -2.23. The van der Waals surface area contributed by atoms with Gasteiger partial charge in [-0.2, -0.15) is 0 Å². The zero-order valence-electron chi connectivity index (χ0n) is 8.88. The van der Waals surface area contributed by atoms with Crippen LogP contribution in [0.5, 0.6) is 0 Å². The van der Waals surface area contributed by atoms with Gasteiger partial charge >= 0.3 is 5.82 Å². The number of nitrogens with two attached hydrogens (primary N) is 1. The SMILES string of the molecule is NS(=O)(=O)CCS(=O)(=O)c1ccc([N+](=O)[O-])nc1. The third-order valence-corrected chi connectivity index (χ3v) is 4.64. The van der Waals surface area contributed by atoms with Gasteiger partial charge in [-0.25, -0.2) is 22.0 Å². The van der Waals surface area contributed by atoms with Crippen LogP contribution in [0.4, 0.5) is 5.82 Å². The van der Waals surface area contributed by atoms with Gasteiger partial charge in [0.05, 0.1) is 11.5 Å². The summed E-state index contributed by atoms with van der Waals surface area (Å²) in [5.41, 5.74) is 0. The Morgan fingerprint density at radius 1 is 1.22 bits per heavy atom. The average Bonchev–Trinajstić information content (AvgIpc) is 2.26. The molecule has 100 valence electrons. The number of hydrogen-bond acceptors (Lipinski definition) is 7. The molecule has 0 fully saturated rings. The minimum Gasteiger partial charge on any atom is -0.358 e. The van der Waals surface area contributed by atoms with E-state index in [4.69, 9.17) is 0 Å². The molecular formula is C7H9N3O6S2. The molecule has 2 N–H and O–H groups in total. The van der Waals surface area contributed by atoms with Crippen molar-refractivity contribution in [3.05, 3.63) is 28.4 Å². The molecule has 11 heteroatoms. The summed E-state index contributed by atoms with van der Waals surface area (Å²) in [5.74, 6) is -1.93. The molecular weight excluding hydrogens is 286 g/mol. The summed E-state index contributed by atoms with van der Waals surface area (Å²) < 4.78 is 44.6. The van der Waals surface area contributed by atoms with E-state index in [-0.39, 0.29) is 4.90 Å². The minimum atomic E-state index is -3.89. The van der Waals surface area contributed by atoms with Gasteiger partial charge in [0.1, 0.15) is 4.90 Å².